The van der Waals surface area contributed by atoms with E-state index in [1.807, 2.05) is 0 Å². The smallest absolute Gasteiger partial charge is 0.314 e. The molecule has 24 heavy (non-hydrogen) atoms. The summed E-state index contributed by atoms with van der Waals surface area (Å²) < 4.78 is 32.0. The van der Waals surface area contributed by atoms with Gasteiger partial charge in [0.05, 0.1) is 18.6 Å². The molecule has 0 aromatic heterocycles. The third-order valence-corrected chi connectivity index (χ3v) is 4.30. The average molecular weight is 362 g/mol. The number of benzene rings is 1. The lowest BCUT2D eigenvalue weighted by molar-refractivity contribution is -0.148. The van der Waals surface area contributed by atoms with E-state index in [-0.39, 0.29) is 13.2 Å². The zero-order chi connectivity index (χ0) is 18.0. The van der Waals surface area contributed by atoms with Crippen molar-refractivity contribution in [2.24, 2.45) is 0 Å². The molecular formula is C16H18ClF2NO4. The fourth-order valence-corrected chi connectivity index (χ4v) is 2.67. The predicted molar refractivity (Wildman–Crippen MR) is 83.4 cm³/mol. The molecule has 0 spiro atoms. The van der Waals surface area contributed by atoms with Crippen LogP contribution in [0.15, 0.2) is 24.3 Å². The molecule has 1 fully saturated rings. The number of alkyl halides is 2. The molecule has 1 aromatic rings. The number of rotatable bonds is 4. The van der Waals surface area contributed by atoms with Crippen molar-refractivity contribution in [3.8, 4) is 0 Å². The maximum absolute atomic E-state index is 13.6. The van der Waals surface area contributed by atoms with Gasteiger partial charge in [0.25, 0.3) is 5.92 Å². The number of amides is 1. The van der Waals surface area contributed by atoms with Crippen molar-refractivity contribution in [3.05, 3.63) is 34.9 Å². The van der Waals surface area contributed by atoms with E-state index in [2.05, 4.69) is 0 Å². The molecule has 0 saturated carbocycles. The summed E-state index contributed by atoms with van der Waals surface area (Å²) in [6.07, 6.45) is -0.431. The first-order valence-corrected chi connectivity index (χ1v) is 7.75. The second-order valence-electron chi connectivity index (χ2n) is 6.04. The molecule has 1 atom stereocenters. The number of aliphatic carboxylic acids is 1. The maximum Gasteiger partial charge on any atom is 0.314 e. The zero-order valence-electron chi connectivity index (χ0n) is 13.1. The molecule has 5 nitrogen and oxygen atoms in total. The molecule has 1 saturated heterocycles. The summed E-state index contributed by atoms with van der Waals surface area (Å²) in [4.78, 5) is 25.2. The Kier molecular flexibility index (Phi) is 5.45. The van der Waals surface area contributed by atoms with Crippen LogP contribution in [0.1, 0.15) is 18.9 Å². The Bertz CT molecular complexity index is 623. The molecule has 2 rings (SSSR count). The molecule has 1 aliphatic rings. The summed E-state index contributed by atoms with van der Waals surface area (Å²) in [7, 11) is 0. The Morgan fingerprint density at radius 1 is 1.38 bits per heavy atom. The summed E-state index contributed by atoms with van der Waals surface area (Å²) in [5.41, 5.74) is -1.16. The van der Waals surface area contributed by atoms with Crippen molar-refractivity contribution in [3.63, 3.8) is 0 Å². The number of hydrogen-bond donors (Lipinski definition) is 1. The predicted octanol–water partition coefficient (Wildman–Crippen LogP) is 2.57. The van der Waals surface area contributed by atoms with Gasteiger partial charge in [-0.25, -0.2) is 8.78 Å². The van der Waals surface area contributed by atoms with Crippen LogP contribution in [-0.4, -0.2) is 54.1 Å². The quantitative estimate of drug-likeness (QED) is 0.895. The van der Waals surface area contributed by atoms with Crippen molar-refractivity contribution in [2.45, 2.75) is 24.7 Å². The normalized spacial score (nSPS) is 20.1. The highest BCUT2D eigenvalue weighted by atomic mass is 35.5. The number of carbonyl (C=O) groups is 2. The third-order valence-electron chi connectivity index (χ3n) is 4.05. The van der Waals surface area contributed by atoms with E-state index in [1.54, 1.807) is 0 Å². The summed E-state index contributed by atoms with van der Waals surface area (Å²) in [5, 5.41) is 10.0. The van der Waals surface area contributed by atoms with E-state index in [0.29, 0.717) is 10.6 Å². The zero-order valence-corrected chi connectivity index (χ0v) is 13.9. The van der Waals surface area contributed by atoms with Crippen LogP contribution in [0.2, 0.25) is 5.02 Å². The van der Waals surface area contributed by atoms with E-state index >= 15 is 0 Å². The highest BCUT2D eigenvalue weighted by Gasteiger charge is 2.42. The Morgan fingerprint density at radius 2 is 2.00 bits per heavy atom. The average Bonchev–Trinajstić information content (AvgIpc) is 2.68. The van der Waals surface area contributed by atoms with Gasteiger partial charge in [0, 0.05) is 18.0 Å². The number of nitrogens with zero attached hydrogens (tertiary/aromatic N) is 1. The number of hydrogen-bond acceptors (Lipinski definition) is 3. The Hall–Kier alpha value is -1.73. The Morgan fingerprint density at radius 3 is 2.58 bits per heavy atom. The van der Waals surface area contributed by atoms with Crippen LogP contribution in [0, 0.1) is 0 Å². The van der Waals surface area contributed by atoms with Crippen molar-refractivity contribution in [2.75, 3.05) is 26.3 Å². The van der Waals surface area contributed by atoms with Crippen molar-refractivity contribution in [1.29, 1.82) is 0 Å². The van der Waals surface area contributed by atoms with Crippen molar-refractivity contribution >= 4 is 23.5 Å². The Balaban J connectivity index is 2.22. The molecule has 1 heterocycles. The van der Waals surface area contributed by atoms with E-state index in [0.717, 1.165) is 4.90 Å². The molecule has 1 aliphatic heterocycles. The first-order chi connectivity index (χ1) is 11.1. The van der Waals surface area contributed by atoms with Crippen LogP contribution < -0.4 is 0 Å². The molecule has 0 radical (unpaired) electrons. The number of ether oxygens (including phenoxy) is 1. The van der Waals surface area contributed by atoms with Crippen molar-refractivity contribution < 1.29 is 28.2 Å². The van der Waals surface area contributed by atoms with Gasteiger partial charge < -0.3 is 14.7 Å². The topological polar surface area (TPSA) is 66.8 Å². The number of carbonyl (C=O) groups excluding carboxylic acids is 1. The monoisotopic (exact) mass is 361 g/mol. The molecule has 1 unspecified atom stereocenters. The number of carboxylic acid groups (broad SMARTS) is 1. The van der Waals surface area contributed by atoms with E-state index in [4.69, 9.17) is 16.3 Å². The van der Waals surface area contributed by atoms with Gasteiger partial charge in [0.1, 0.15) is 6.61 Å². The molecule has 132 valence electrons. The minimum atomic E-state index is -3.15. The minimum absolute atomic E-state index is 0.00470. The van der Waals surface area contributed by atoms with Gasteiger partial charge in [0.15, 0.2) is 0 Å². The fraction of sp³-hybridized carbons (Fsp3) is 0.500. The summed E-state index contributed by atoms with van der Waals surface area (Å²) >= 11 is 5.80. The van der Waals surface area contributed by atoms with Gasteiger partial charge in [-0.1, -0.05) is 23.7 Å². The summed E-state index contributed by atoms with van der Waals surface area (Å²) in [5.74, 6) is -5.01. The van der Waals surface area contributed by atoms with Crippen LogP contribution in [0.5, 0.6) is 0 Å². The van der Waals surface area contributed by atoms with Gasteiger partial charge in [-0.3, -0.25) is 9.59 Å². The van der Waals surface area contributed by atoms with Gasteiger partial charge in [-0.15, -0.1) is 0 Å². The molecule has 1 aromatic carbocycles. The van der Waals surface area contributed by atoms with Crippen LogP contribution in [0.25, 0.3) is 0 Å². The molecule has 8 heteroatoms. The first kappa shape index (κ1) is 18.6. The van der Waals surface area contributed by atoms with Crippen LogP contribution >= 0.6 is 11.6 Å². The minimum Gasteiger partial charge on any atom is -0.481 e. The second-order valence-corrected chi connectivity index (χ2v) is 6.48. The van der Waals surface area contributed by atoms with Crippen LogP contribution in [0.4, 0.5) is 8.78 Å². The second kappa shape index (κ2) is 7.03. The number of halogens is 3. The van der Waals surface area contributed by atoms with Gasteiger partial charge in [-0.2, -0.15) is 0 Å². The first-order valence-electron chi connectivity index (χ1n) is 7.37. The molecule has 1 amide bonds. The number of carboxylic acids is 1. The van der Waals surface area contributed by atoms with E-state index in [9.17, 15) is 23.5 Å². The third kappa shape index (κ3) is 4.21. The SMILES string of the molecule is CC(CC(=O)N1CCOCC(F)(F)C1)(C(=O)O)c1ccc(Cl)cc1. The van der Waals surface area contributed by atoms with E-state index in [1.165, 1.54) is 31.2 Å². The highest BCUT2D eigenvalue weighted by molar-refractivity contribution is 6.30. The van der Waals surface area contributed by atoms with E-state index < -0.39 is 42.8 Å². The van der Waals surface area contributed by atoms with Crippen molar-refractivity contribution in [1.82, 2.24) is 4.90 Å². The molecular weight excluding hydrogens is 344 g/mol. The lowest BCUT2D eigenvalue weighted by Gasteiger charge is -2.29. The lowest BCUT2D eigenvalue weighted by atomic mass is 9.79. The molecule has 0 bridgehead atoms. The lowest BCUT2D eigenvalue weighted by Crippen LogP contribution is -2.45. The summed E-state index contributed by atoms with van der Waals surface area (Å²) in [6, 6.07) is 6.08. The largest absolute Gasteiger partial charge is 0.481 e. The van der Waals surface area contributed by atoms with Gasteiger partial charge >= 0.3 is 5.97 Å². The molecule has 1 N–H and O–H groups in total. The standard InChI is InChI=1S/C16H18ClF2NO4/c1-15(14(22)23,11-2-4-12(17)5-3-11)8-13(21)20-6-7-24-10-16(18,19)9-20/h2-5H,6-10H2,1H3,(H,22,23). The van der Waals surface area contributed by atoms with Gasteiger partial charge in [0.2, 0.25) is 5.91 Å². The summed E-state index contributed by atoms with van der Waals surface area (Å²) in [6.45, 7) is -0.133. The van der Waals surface area contributed by atoms with Crippen LogP contribution in [0.3, 0.4) is 0 Å². The highest BCUT2D eigenvalue weighted by Crippen LogP contribution is 2.31. The fourth-order valence-electron chi connectivity index (χ4n) is 2.55. The Labute approximate surface area is 143 Å². The van der Waals surface area contributed by atoms with Crippen LogP contribution in [-0.2, 0) is 19.7 Å². The molecule has 0 aliphatic carbocycles. The van der Waals surface area contributed by atoms with Gasteiger partial charge in [-0.05, 0) is 24.6 Å². The maximum atomic E-state index is 13.6.